The number of carbonyl (C=O) groups is 1. The number of aryl methyl sites for hydroxylation is 1. The van der Waals surface area contributed by atoms with Gasteiger partial charge < -0.3 is 4.57 Å². The second-order valence-corrected chi connectivity index (χ2v) is 3.02. The van der Waals surface area contributed by atoms with Crippen LogP contribution in [-0.4, -0.2) is 26.8 Å². The number of nitrogens with zero attached hydrogens (tertiary/aromatic N) is 3. The summed E-state index contributed by atoms with van der Waals surface area (Å²) in [5, 5.41) is 8.87. The first kappa shape index (κ1) is 11.5. The highest BCUT2D eigenvalue weighted by atomic mass is 19.4. The first-order valence-electron chi connectivity index (χ1n) is 4.04. The molecule has 0 saturated carbocycles. The average molecular weight is 222 g/mol. The minimum atomic E-state index is -4.55. The molecule has 1 rings (SSSR count). The van der Waals surface area contributed by atoms with Gasteiger partial charge in [0, 0.05) is 7.05 Å². The van der Waals surface area contributed by atoms with Gasteiger partial charge in [0.15, 0.2) is 0 Å². The average Bonchev–Trinajstić information content (AvgIpc) is 2.49. The van der Waals surface area contributed by atoms with Gasteiger partial charge in [0.25, 0.3) is 0 Å². The third-order valence-electron chi connectivity index (χ3n) is 1.83. The molecule has 0 aliphatic heterocycles. The molecule has 1 amide bonds. The van der Waals surface area contributed by atoms with E-state index in [4.69, 9.17) is 0 Å². The van der Waals surface area contributed by atoms with E-state index in [1.807, 2.05) is 5.32 Å². The summed E-state index contributed by atoms with van der Waals surface area (Å²) in [5.41, 5.74) is 0. The van der Waals surface area contributed by atoms with Gasteiger partial charge in [0.1, 0.15) is 12.2 Å². The Kier molecular flexibility index (Phi) is 2.96. The highest BCUT2D eigenvalue weighted by molar-refractivity contribution is 5.91. The van der Waals surface area contributed by atoms with Crippen LogP contribution in [0.1, 0.15) is 6.92 Å². The van der Waals surface area contributed by atoms with Crippen LogP contribution in [0.3, 0.4) is 0 Å². The predicted octanol–water partition coefficient (Wildman–Crippen LogP) is 0.952. The van der Waals surface area contributed by atoms with Crippen LogP contribution in [-0.2, 0) is 11.8 Å². The number of carbonyl (C=O) groups excluding carboxylic acids is 1. The molecule has 1 N–H and O–H groups in total. The molecule has 0 bridgehead atoms. The molecule has 0 aromatic carbocycles. The fourth-order valence-corrected chi connectivity index (χ4v) is 0.763. The Morgan fingerprint density at radius 1 is 1.60 bits per heavy atom. The standard InChI is InChI=1S/C7H9F3N4O/c1-4(7(8,9)10)5(15)12-6-13-11-3-14(6)2/h3-4H,1-2H3,(H,12,13,15). The molecule has 5 nitrogen and oxygen atoms in total. The van der Waals surface area contributed by atoms with Crippen molar-refractivity contribution in [1.29, 1.82) is 0 Å². The summed E-state index contributed by atoms with van der Waals surface area (Å²) >= 11 is 0. The Morgan fingerprint density at radius 2 is 2.20 bits per heavy atom. The smallest absolute Gasteiger partial charge is 0.303 e. The van der Waals surface area contributed by atoms with Crippen LogP contribution < -0.4 is 5.32 Å². The van der Waals surface area contributed by atoms with E-state index in [0.717, 1.165) is 6.92 Å². The van der Waals surface area contributed by atoms with Crippen molar-refractivity contribution in [3.63, 3.8) is 0 Å². The fourth-order valence-electron chi connectivity index (χ4n) is 0.763. The quantitative estimate of drug-likeness (QED) is 0.810. The zero-order chi connectivity index (χ0) is 11.6. The van der Waals surface area contributed by atoms with Crippen LogP contribution in [0, 0.1) is 5.92 Å². The van der Waals surface area contributed by atoms with Crippen molar-refractivity contribution in [3.05, 3.63) is 6.33 Å². The number of rotatable bonds is 2. The number of alkyl halides is 3. The van der Waals surface area contributed by atoms with Crippen molar-refractivity contribution in [2.24, 2.45) is 13.0 Å². The lowest BCUT2D eigenvalue weighted by Gasteiger charge is -2.14. The van der Waals surface area contributed by atoms with Gasteiger partial charge in [-0.3, -0.25) is 10.1 Å². The van der Waals surface area contributed by atoms with Gasteiger partial charge in [-0.2, -0.15) is 13.2 Å². The van der Waals surface area contributed by atoms with Gasteiger partial charge in [0.2, 0.25) is 11.9 Å². The molecule has 1 aromatic rings. The largest absolute Gasteiger partial charge is 0.400 e. The maximum absolute atomic E-state index is 12.1. The van der Waals surface area contributed by atoms with E-state index < -0.39 is 18.0 Å². The number of anilines is 1. The zero-order valence-electron chi connectivity index (χ0n) is 8.04. The maximum Gasteiger partial charge on any atom is 0.400 e. The number of aromatic nitrogens is 3. The summed E-state index contributed by atoms with van der Waals surface area (Å²) in [6.45, 7) is 0.783. The SMILES string of the molecule is CC(C(=O)Nc1nncn1C)C(F)(F)F. The van der Waals surface area contributed by atoms with Gasteiger partial charge in [0.05, 0.1) is 0 Å². The lowest BCUT2D eigenvalue weighted by molar-refractivity contribution is -0.175. The Labute approximate surface area is 83.3 Å². The molecule has 1 atom stereocenters. The topological polar surface area (TPSA) is 59.8 Å². The van der Waals surface area contributed by atoms with Crippen LogP contribution in [0.5, 0.6) is 0 Å². The van der Waals surface area contributed by atoms with Gasteiger partial charge in [-0.15, -0.1) is 10.2 Å². The first-order chi connectivity index (χ1) is 6.82. The molecule has 15 heavy (non-hydrogen) atoms. The van der Waals surface area contributed by atoms with E-state index in [1.54, 1.807) is 0 Å². The van der Waals surface area contributed by atoms with Crippen LogP contribution >= 0.6 is 0 Å². The lowest BCUT2D eigenvalue weighted by Crippen LogP contribution is -2.33. The molecule has 8 heteroatoms. The summed E-state index contributed by atoms with van der Waals surface area (Å²) in [4.78, 5) is 11.1. The first-order valence-corrected chi connectivity index (χ1v) is 4.04. The van der Waals surface area contributed by atoms with Crippen LogP contribution in [0.4, 0.5) is 19.1 Å². The summed E-state index contributed by atoms with van der Waals surface area (Å²) in [6, 6.07) is 0. The third kappa shape index (κ3) is 2.67. The summed E-state index contributed by atoms with van der Waals surface area (Å²) in [7, 11) is 1.51. The van der Waals surface area contributed by atoms with E-state index in [1.165, 1.54) is 17.9 Å². The number of hydrogen-bond donors (Lipinski definition) is 1. The molecular weight excluding hydrogens is 213 g/mol. The van der Waals surface area contributed by atoms with Crippen LogP contribution in [0.15, 0.2) is 6.33 Å². The lowest BCUT2D eigenvalue weighted by atomic mass is 10.1. The van der Waals surface area contributed by atoms with E-state index in [0.29, 0.717) is 0 Å². The second-order valence-electron chi connectivity index (χ2n) is 3.02. The van der Waals surface area contributed by atoms with E-state index in [-0.39, 0.29) is 5.95 Å². The van der Waals surface area contributed by atoms with Crippen molar-refractivity contribution in [2.45, 2.75) is 13.1 Å². The van der Waals surface area contributed by atoms with Crippen molar-refractivity contribution < 1.29 is 18.0 Å². The van der Waals surface area contributed by atoms with Gasteiger partial charge >= 0.3 is 6.18 Å². The molecule has 0 aliphatic rings. The minimum absolute atomic E-state index is 0.0175. The third-order valence-corrected chi connectivity index (χ3v) is 1.83. The monoisotopic (exact) mass is 222 g/mol. The molecule has 0 radical (unpaired) electrons. The molecule has 0 saturated heterocycles. The molecule has 1 unspecified atom stereocenters. The molecule has 0 fully saturated rings. The summed E-state index contributed by atoms with van der Waals surface area (Å²) in [5.74, 6) is -3.25. The summed E-state index contributed by atoms with van der Waals surface area (Å²) in [6.07, 6.45) is -3.28. The van der Waals surface area contributed by atoms with Crippen molar-refractivity contribution in [1.82, 2.24) is 14.8 Å². The molecule has 0 spiro atoms. The molecule has 1 aromatic heterocycles. The Hall–Kier alpha value is -1.60. The van der Waals surface area contributed by atoms with Crippen molar-refractivity contribution >= 4 is 11.9 Å². The van der Waals surface area contributed by atoms with E-state index in [2.05, 4.69) is 10.2 Å². The number of halogens is 3. The highest BCUT2D eigenvalue weighted by Crippen LogP contribution is 2.26. The van der Waals surface area contributed by atoms with Crippen LogP contribution in [0.25, 0.3) is 0 Å². The Morgan fingerprint density at radius 3 is 2.60 bits per heavy atom. The van der Waals surface area contributed by atoms with Crippen molar-refractivity contribution in [3.8, 4) is 0 Å². The van der Waals surface area contributed by atoms with Gasteiger partial charge in [-0.25, -0.2) is 0 Å². The zero-order valence-corrected chi connectivity index (χ0v) is 8.04. The molecule has 1 heterocycles. The molecule has 0 aliphatic carbocycles. The number of hydrogen-bond acceptors (Lipinski definition) is 3. The van der Waals surface area contributed by atoms with E-state index >= 15 is 0 Å². The molecular formula is C7H9F3N4O. The second kappa shape index (κ2) is 3.87. The predicted molar refractivity (Wildman–Crippen MR) is 44.9 cm³/mol. The Bertz CT molecular complexity index is 359. The van der Waals surface area contributed by atoms with Gasteiger partial charge in [-0.05, 0) is 6.92 Å². The van der Waals surface area contributed by atoms with Crippen LogP contribution in [0.2, 0.25) is 0 Å². The Balaban J connectivity index is 2.69. The van der Waals surface area contributed by atoms with Gasteiger partial charge in [-0.1, -0.05) is 0 Å². The highest BCUT2D eigenvalue weighted by Gasteiger charge is 2.41. The summed E-state index contributed by atoms with van der Waals surface area (Å²) < 4.78 is 37.7. The molecule has 84 valence electrons. The normalized spacial score (nSPS) is 13.7. The maximum atomic E-state index is 12.1. The minimum Gasteiger partial charge on any atom is -0.303 e. The number of amides is 1. The van der Waals surface area contributed by atoms with E-state index in [9.17, 15) is 18.0 Å². The number of nitrogens with one attached hydrogen (secondary N) is 1. The fraction of sp³-hybridized carbons (Fsp3) is 0.571. The van der Waals surface area contributed by atoms with Crippen molar-refractivity contribution in [2.75, 3.05) is 5.32 Å².